The molecule has 0 bridgehead atoms. The first-order valence-electron chi connectivity index (χ1n) is 8.35. The number of aliphatic hydroxyl groups excluding tert-OH is 1. The highest BCUT2D eigenvalue weighted by molar-refractivity contribution is 8.00. The molecule has 0 fully saturated rings. The molecule has 0 aliphatic rings. The second-order valence-electron chi connectivity index (χ2n) is 6.63. The molecule has 1 unspecified atom stereocenters. The Hall–Kier alpha value is 0.270. The van der Waals surface area contributed by atoms with Gasteiger partial charge in [-0.25, -0.2) is 0 Å². The van der Waals surface area contributed by atoms with Gasteiger partial charge in [-0.2, -0.15) is 11.8 Å². The largest absolute Gasteiger partial charge is 0.390 e. The lowest BCUT2D eigenvalue weighted by molar-refractivity contribution is 0.0467. The van der Waals surface area contributed by atoms with Crippen LogP contribution in [0.2, 0.25) is 0 Å². The van der Waals surface area contributed by atoms with Gasteiger partial charge in [-0.3, -0.25) is 0 Å². The Kier molecular flexibility index (Phi) is 13.1. The van der Waals surface area contributed by atoms with Crippen LogP contribution in [0.3, 0.4) is 0 Å². The zero-order chi connectivity index (χ0) is 15.3. The van der Waals surface area contributed by atoms with Gasteiger partial charge in [0.15, 0.2) is 0 Å². The van der Waals surface area contributed by atoms with E-state index in [-0.39, 0.29) is 10.9 Å². The number of aliphatic hydroxyl groups is 1. The van der Waals surface area contributed by atoms with Crippen molar-refractivity contribution in [1.82, 2.24) is 0 Å². The molecule has 0 aromatic heterocycles. The highest BCUT2D eigenvalue weighted by Gasteiger charge is 2.13. The average Bonchev–Trinajstić information content (AvgIpc) is 2.38. The molecule has 0 rings (SSSR count). The van der Waals surface area contributed by atoms with Crippen molar-refractivity contribution in [3.8, 4) is 0 Å². The van der Waals surface area contributed by atoms with Crippen LogP contribution in [0.5, 0.6) is 0 Å². The Balaban J connectivity index is 3.19. The predicted molar refractivity (Wildman–Crippen MR) is 91.6 cm³/mol. The van der Waals surface area contributed by atoms with Crippen molar-refractivity contribution in [3.63, 3.8) is 0 Å². The molecule has 0 saturated heterocycles. The summed E-state index contributed by atoms with van der Waals surface area (Å²) < 4.78 is 5.76. The van der Waals surface area contributed by atoms with Crippen LogP contribution >= 0.6 is 11.8 Å². The summed E-state index contributed by atoms with van der Waals surface area (Å²) in [5, 5.41) is 9.79. The summed E-state index contributed by atoms with van der Waals surface area (Å²) in [6.07, 6.45) is 10.2. The number of rotatable bonds is 13. The predicted octanol–water partition coefficient (Wildman–Crippen LogP) is 5.04. The molecular weight excluding hydrogens is 268 g/mol. The summed E-state index contributed by atoms with van der Waals surface area (Å²) in [6, 6.07) is 0. The minimum absolute atomic E-state index is 0.221. The molecule has 0 amide bonds. The van der Waals surface area contributed by atoms with Gasteiger partial charge in [-0.15, -0.1) is 0 Å². The molecule has 0 aliphatic heterocycles. The number of hydrogen-bond donors (Lipinski definition) is 1. The third-order valence-corrected chi connectivity index (χ3v) is 4.58. The van der Waals surface area contributed by atoms with Crippen LogP contribution in [-0.2, 0) is 4.74 Å². The lowest BCUT2D eigenvalue weighted by Crippen LogP contribution is -2.22. The van der Waals surface area contributed by atoms with E-state index in [1.807, 2.05) is 0 Å². The van der Waals surface area contributed by atoms with Gasteiger partial charge in [0.1, 0.15) is 0 Å². The smallest absolute Gasteiger partial charge is 0.0864 e. The van der Waals surface area contributed by atoms with E-state index in [0.717, 1.165) is 18.8 Å². The van der Waals surface area contributed by atoms with Gasteiger partial charge in [-0.1, -0.05) is 72.6 Å². The zero-order valence-corrected chi connectivity index (χ0v) is 14.9. The van der Waals surface area contributed by atoms with Crippen molar-refractivity contribution in [2.75, 3.05) is 19.0 Å². The van der Waals surface area contributed by atoms with Crippen LogP contribution in [0.25, 0.3) is 0 Å². The van der Waals surface area contributed by atoms with Crippen molar-refractivity contribution < 1.29 is 9.84 Å². The molecule has 20 heavy (non-hydrogen) atoms. The second kappa shape index (κ2) is 13.0. The number of unbranched alkanes of at least 4 members (excludes halogenated alkanes) is 7. The minimum atomic E-state index is -0.326. The van der Waals surface area contributed by atoms with Crippen LogP contribution in [0, 0.1) is 0 Å². The quantitative estimate of drug-likeness (QED) is 0.484. The first kappa shape index (κ1) is 20.3. The molecule has 122 valence electrons. The fraction of sp³-hybridized carbons (Fsp3) is 1.00. The molecule has 0 heterocycles. The topological polar surface area (TPSA) is 29.5 Å². The van der Waals surface area contributed by atoms with Gasteiger partial charge in [0.25, 0.3) is 0 Å². The van der Waals surface area contributed by atoms with Crippen molar-refractivity contribution >= 4 is 11.8 Å². The molecule has 3 heteroatoms. The van der Waals surface area contributed by atoms with E-state index in [9.17, 15) is 5.11 Å². The van der Waals surface area contributed by atoms with Crippen LogP contribution in [-0.4, -0.2) is 34.9 Å². The highest BCUT2D eigenvalue weighted by atomic mass is 32.2. The lowest BCUT2D eigenvalue weighted by atomic mass is 10.1. The van der Waals surface area contributed by atoms with Gasteiger partial charge < -0.3 is 9.84 Å². The Morgan fingerprint density at radius 3 is 2.05 bits per heavy atom. The Morgan fingerprint density at radius 2 is 1.50 bits per heavy atom. The standard InChI is InChI=1S/C17H36O2S/c1-5-6-7-8-9-10-11-12-13-19-14-16(18)15-20-17(2,3)4/h16,18H,5-15H2,1-4H3. The van der Waals surface area contributed by atoms with Crippen LogP contribution < -0.4 is 0 Å². The summed E-state index contributed by atoms with van der Waals surface area (Å²) in [6.45, 7) is 10.1. The highest BCUT2D eigenvalue weighted by Crippen LogP contribution is 2.23. The molecule has 2 nitrogen and oxygen atoms in total. The third kappa shape index (κ3) is 16.3. The normalized spacial score (nSPS) is 13.7. The van der Waals surface area contributed by atoms with Crippen molar-refractivity contribution in [1.29, 1.82) is 0 Å². The van der Waals surface area contributed by atoms with Gasteiger partial charge in [0.05, 0.1) is 12.7 Å². The Bertz CT molecular complexity index is 202. The van der Waals surface area contributed by atoms with Crippen LogP contribution in [0.15, 0.2) is 0 Å². The Morgan fingerprint density at radius 1 is 0.950 bits per heavy atom. The summed E-state index contributed by atoms with van der Waals surface area (Å²) in [7, 11) is 0. The SMILES string of the molecule is CCCCCCCCCCOCC(O)CSC(C)(C)C. The van der Waals surface area contributed by atoms with Gasteiger partial charge in [-0.05, 0) is 6.42 Å². The van der Waals surface area contributed by atoms with Gasteiger partial charge >= 0.3 is 0 Å². The minimum Gasteiger partial charge on any atom is -0.390 e. The Labute approximate surface area is 131 Å². The maximum absolute atomic E-state index is 9.79. The van der Waals surface area contributed by atoms with E-state index in [0.29, 0.717) is 6.61 Å². The summed E-state index contributed by atoms with van der Waals surface area (Å²) in [4.78, 5) is 0. The number of thioether (sulfide) groups is 1. The molecule has 1 N–H and O–H groups in total. The third-order valence-electron chi connectivity index (χ3n) is 3.16. The number of hydrogen-bond acceptors (Lipinski definition) is 3. The maximum atomic E-state index is 9.79. The van der Waals surface area contributed by atoms with E-state index >= 15 is 0 Å². The molecule has 0 saturated carbocycles. The fourth-order valence-corrected chi connectivity index (χ4v) is 2.74. The molecule has 0 aromatic carbocycles. The maximum Gasteiger partial charge on any atom is 0.0864 e. The molecule has 0 spiro atoms. The van der Waals surface area contributed by atoms with Crippen LogP contribution in [0.1, 0.15) is 79.1 Å². The van der Waals surface area contributed by atoms with Crippen molar-refractivity contribution in [2.24, 2.45) is 0 Å². The molecule has 0 radical (unpaired) electrons. The molecular formula is C17H36O2S. The van der Waals surface area contributed by atoms with E-state index in [1.165, 1.54) is 44.9 Å². The average molecular weight is 305 g/mol. The van der Waals surface area contributed by atoms with Crippen molar-refractivity contribution in [3.05, 3.63) is 0 Å². The zero-order valence-electron chi connectivity index (χ0n) is 14.1. The van der Waals surface area contributed by atoms with Gasteiger partial charge in [0.2, 0.25) is 0 Å². The molecule has 0 aliphatic carbocycles. The molecule has 0 aromatic rings. The van der Waals surface area contributed by atoms with E-state index in [2.05, 4.69) is 27.7 Å². The lowest BCUT2D eigenvalue weighted by Gasteiger charge is -2.20. The van der Waals surface area contributed by atoms with E-state index in [4.69, 9.17) is 4.74 Å². The van der Waals surface area contributed by atoms with E-state index in [1.54, 1.807) is 11.8 Å². The first-order valence-corrected chi connectivity index (χ1v) is 9.34. The van der Waals surface area contributed by atoms with E-state index < -0.39 is 0 Å². The summed E-state index contributed by atoms with van der Waals surface area (Å²) in [5.41, 5.74) is 0. The van der Waals surface area contributed by atoms with Crippen LogP contribution in [0.4, 0.5) is 0 Å². The second-order valence-corrected chi connectivity index (χ2v) is 8.47. The van der Waals surface area contributed by atoms with Crippen molar-refractivity contribution in [2.45, 2.75) is 89.9 Å². The van der Waals surface area contributed by atoms with Gasteiger partial charge in [0, 0.05) is 17.1 Å². The summed E-state index contributed by atoms with van der Waals surface area (Å²) in [5.74, 6) is 0.765. The summed E-state index contributed by atoms with van der Waals surface area (Å²) >= 11 is 1.79. The number of ether oxygens (including phenoxy) is 1. The first-order chi connectivity index (χ1) is 9.45. The monoisotopic (exact) mass is 304 g/mol. The molecule has 1 atom stereocenters. The fourth-order valence-electron chi connectivity index (χ4n) is 1.95.